The topological polar surface area (TPSA) is 120 Å². The highest BCUT2D eigenvalue weighted by Crippen LogP contribution is 2.51. The van der Waals surface area contributed by atoms with E-state index >= 15 is 0 Å². The zero-order valence-corrected chi connectivity index (χ0v) is 22.7. The summed E-state index contributed by atoms with van der Waals surface area (Å²) in [5.41, 5.74) is 2.36. The smallest absolute Gasteiger partial charge is 0.455 e. The highest BCUT2D eigenvalue weighted by Gasteiger charge is 2.36. The second kappa shape index (κ2) is 9.94. The molecule has 0 atom stereocenters. The molecule has 1 heterocycles. The Labute approximate surface area is 230 Å². The van der Waals surface area contributed by atoms with Gasteiger partial charge in [0.15, 0.2) is 0 Å². The van der Waals surface area contributed by atoms with Crippen molar-refractivity contribution in [1.29, 1.82) is 0 Å². The maximum Gasteiger partial charge on any atom is 0.489 e. The molecule has 3 N–H and O–H groups in total. The van der Waals surface area contributed by atoms with E-state index in [1.54, 1.807) is 30.3 Å². The molecule has 0 radical (unpaired) electrons. The van der Waals surface area contributed by atoms with Gasteiger partial charge < -0.3 is 19.8 Å². The van der Waals surface area contributed by atoms with E-state index in [9.17, 15) is 23.3 Å². The van der Waals surface area contributed by atoms with Crippen LogP contribution in [0.5, 0.6) is 0 Å². The van der Waals surface area contributed by atoms with Crippen LogP contribution in [0.3, 0.4) is 0 Å². The average molecular weight is 573 g/mol. The summed E-state index contributed by atoms with van der Waals surface area (Å²) in [7, 11) is -4.33. The Balaban J connectivity index is 1.88. The Morgan fingerprint density at radius 1 is 1.08 bits per heavy atom. The number of nitrogens with one attached hydrogen (secondary N) is 1. The molecule has 1 saturated carbocycles. The summed E-state index contributed by atoms with van der Waals surface area (Å²) in [5, 5.41) is 22.7. The first-order valence-electron chi connectivity index (χ1n) is 11.7. The van der Waals surface area contributed by atoms with E-state index < -0.39 is 23.0 Å². The van der Waals surface area contributed by atoms with Crippen molar-refractivity contribution in [3.05, 3.63) is 75.8 Å². The third kappa shape index (κ3) is 4.78. The fourth-order valence-electron chi connectivity index (χ4n) is 4.62. The Hall–Kier alpha value is -3.02. The van der Waals surface area contributed by atoms with E-state index in [1.165, 1.54) is 25.2 Å². The van der Waals surface area contributed by atoms with Gasteiger partial charge in [0.2, 0.25) is 10.0 Å². The minimum Gasteiger partial charge on any atom is -0.455 e. The van der Waals surface area contributed by atoms with Crippen molar-refractivity contribution in [2.45, 2.75) is 18.8 Å². The molecular weight excluding hydrogens is 550 g/mol. The number of hydrogen-bond acceptors (Lipinski definition) is 6. The van der Waals surface area contributed by atoms with Gasteiger partial charge in [-0.05, 0) is 66.8 Å². The van der Waals surface area contributed by atoms with Gasteiger partial charge in [-0.3, -0.25) is 4.79 Å². The van der Waals surface area contributed by atoms with Crippen LogP contribution in [0.2, 0.25) is 10.0 Å². The van der Waals surface area contributed by atoms with Crippen molar-refractivity contribution < 1.29 is 27.7 Å². The van der Waals surface area contributed by atoms with Crippen LogP contribution in [-0.2, 0) is 10.0 Å². The van der Waals surface area contributed by atoms with Crippen molar-refractivity contribution in [1.82, 2.24) is 5.32 Å². The number of rotatable bonds is 7. The van der Waals surface area contributed by atoms with Gasteiger partial charge in [0, 0.05) is 28.1 Å². The minimum absolute atomic E-state index is 0.0214. The molecule has 1 fully saturated rings. The molecule has 0 unspecified atom stereocenters. The summed E-state index contributed by atoms with van der Waals surface area (Å²) in [6.45, 7) is 0. The number of halogens is 2. The normalized spacial score (nSPS) is 13.5. The third-order valence-corrected chi connectivity index (χ3v) is 8.11. The number of sulfonamides is 1. The number of amides is 1. The Bertz CT molecular complexity index is 1670. The summed E-state index contributed by atoms with van der Waals surface area (Å²) < 4.78 is 34.1. The number of fused-ring (bicyclic) bond motifs is 1. The largest absolute Gasteiger partial charge is 0.489 e. The molecule has 0 spiro atoms. The lowest BCUT2D eigenvalue weighted by atomic mass is 9.80. The molecule has 3 aromatic carbocycles. The van der Waals surface area contributed by atoms with Crippen LogP contribution >= 0.6 is 23.2 Å². The number of benzene rings is 3. The monoisotopic (exact) mass is 572 g/mol. The molecule has 5 rings (SSSR count). The number of carbonyl (C=O) groups excluding carboxylic acids is 1. The lowest BCUT2D eigenvalue weighted by Gasteiger charge is -2.27. The van der Waals surface area contributed by atoms with Gasteiger partial charge in [0.25, 0.3) is 5.91 Å². The van der Waals surface area contributed by atoms with Gasteiger partial charge in [-0.15, -0.1) is 0 Å². The molecule has 1 aliphatic rings. The van der Waals surface area contributed by atoms with E-state index in [1.807, 2.05) is 6.07 Å². The molecule has 196 valence electrons. The van der Waals surface area contributed by atoms with Gasteiger partial charge in [0.1, 0.15) is 11.3 Å². The number of anilines is 2. The van der Waals surface area contributed by atoms with Gasteiger partial charge >= 0.3 is 7.12 Å². The van der Waals surface area contributed by atoms with Crippen molar-refractivity contribution in [3.8, 4) is 11.3 Å². The van der Waals surface area contributed by atoms with Crippen molar-refractivity contribution >= 4 is 74.1 Å². The Kier molecular flexibility index (Phi) is 6.96. The van der Waals surface area contributed by atoms with Crippen LogP contribution in [0.25, 0.3) is 22.3 Å². The Morgan fingerprint density at radius 3 is 2.32 bits per heavy atom. The lowest BCUT2D eigenvalue weighted by Crippen LogP contribution is -2.32. The standard InChI is InChI=1S/C26H23BCl2N2O6S/c1-30-26(32)23-22-21(37-25(23)15-5-7-16(28)8-6-15)12-10-18(14-3-4-14)24(22)31(38(2,35)36)17-9-11-19(27(33)34)20(29)13-17/h5-14,33-34H,3-4H2,1-2H3,(H,30,32). The summed E-state index contributed by atoms with van der Waals surface area (Å²) in [4.78, 5) is 13.3. The first-order chi connectivity index (χ1) is 18.0. The molecule has 12 heteroatoms. The maximum atomic E-state index is 13.4. The summed E-state index contributed by atoms with van der Waals surface area (Å²) in [6.07, 6.45) is 2.79. The van der Waals surface area contributed by atoms with Crippen LogP contribution in [0, 0.1) is 0 Å². The third-order valence-electron chi connectivity index (χ3n) is 6.47. The highest BCUT2D eigenvalue weighted by atomic mass is 35.5. The van der Waals surface area contributed by atoms with Crippen LogP contribution in [0.1, 0.15) is 34.7 Å². The zero-order valence-electron chi connectivity index (χ0n) is 20.4. The number of furan rings is 1. The summed E-state index contributed by atoms with van der Waals surface area (Å²) in [6, 6.07) is 14.5. The quantitative estimate of drug-likeness (QED) is 0.282. The van der Waals surface area contributed by atoms with Gasteiger partial charge in [-0.25, -0.2) is 12.7 Å². The molecule has 8 nitrogen and oxygen atoms in total. The van der Waals surface area contributed by atoms with E-state index in [2.05, 4.69) is 5.32 Å². The molecule has 1 aromatic heterocycles. The van der Waals surface area contributed by atoms with E-state index in [-0.39, 0.29) is 33.4 Å². The zero-order chi connectivity index (χ0) is 27.4. The van der Waals surface area contributed by atoms with Crippen molar-refractivity contribution in [2.75, 3.05) is 17.6 Å². The molecule has 38 heavy (non-hydrogen) atoms. The van der Waals surface area contributed by atoms with E-state index in [4.69, 9.17) is 27.6 Å². The molecule has 1 aliphatic carbocycles. The molecule has 0 saturated heterocycles. The summed E-state index contributed by atoms with van der Waals surface area (Å²) in [5.74, 6) is -0.0809. The summed E-state index contributed by atoms with van der Waals surface area (Å²) >= 11 is 12.4. The van der Waals surface area contributed by atoms with Crippen LogP contribution in [0.4, 0.5) is 11.4 Å². The predicted molar refractivity (Wildman–Crippen MR) is 150 cm³/mol. The first kappa shape index (κ1) is 26.6. The molecule has 0 aliphatic heterocycles. The van der Waals surface area contributed by atoms with Crippen molar-refractivity contribution in [2.24, 2.45) is 0 Å². The maximum absolute atomic E-state index is 13.4. The molecule has 1 amide bonds. The van der Waals surface area contributed by atoms with E-state index in [0.29, 0.717) is 27.2 Å². The van der Waals surface area contributed by atoms with Crippen LogP contribution < -0.4 is 15.1 Å². The molecular formula is C26H23BCl2N2O6S. The van der Waals surface area contributed by atoms with Gasteiger partial charge in [-0.1, -0.05) is 35.3 Å². The number of carbonyl (C=O) groups is 1. The highest BCUT2D eigenvalue weighted by molar-refractivity contribution is 7.92. The fourth-order valence-corrected chi connectivity index (χ4v) is 6.04. The predicted octanol–water partition coefficient (Wildman–Crippen LogP) is 4.42. The van der Waals surface area contributed by atoms with Crippen molar-refractivity contribution in [3.63, 3.8) is 0 Å². The van der Waals surface area contributed by atoms with Crippen LogP contribution in [0.15, 0.2) is 59.0 Å². The van der Waals surface area contributed by atoms with E-state index in [0.717, 1.165) is 29.0 Å². The Morgan fingerprint density at radius 2 is 1.76 bits per heavy atom. The van der Waals surface area contributed by atoms with Gasteiger partial charge in [-0.2, -0.15) is 0 Å². The SMILES string of the molecule is CNC(=O)c1c(-c2ccc(Cl)cc2)oc2ccc(C3CC3)c(N(c3ccc(B(O)O)c(Cl)c3)S(C)(=O)=O)c12. The second-order valence-corrected chi connectivity index (χ2v) is 11.8. The van der Waals surface area contributed by atoms with Gasteiger partial charge in [0.05, 0.1) is 28.6 Å². The number of hydrogen-bond donors (Lipinski definition) is 3. The number of nitrogens with zero attached hydrogens (tertiary/aromatic N) is 1. The lowest BCUT2D eigenvalue weighted by molar-refractivity contribution is 0.0964. The minimum atomic E-state index is -3.99. The first-order valence-corrected chi connectivity index (χ1v) is 14.3. The average Bonchev–Trinajstić information content (AvgIpc) is 3.62. The molecule has 4 aromatic rings. The fraction of sp³-hybridized carbons (Fsp3) is 0.192. The molecule has 0 bridgehead atoms. The second-order valence-electron chi connectivity index (χ2n) is 9.15. The van der Waals surface area contributed by atoms with Crippen LogP contribution in [-0.4, -0.2) is 44.8 Å².